The second-order valence-corrected chi connectivity index (χ2v) is 6.39. The van der Waals surface area contributed by atoms with Gasteiger partial charge in [-0.05, 0) is 29.3 Å². The van der Waals surface area contributed by atoms with Crippen LogP contribution in [0.1, 0.15) is 32.6 Å². The molecule has 27 heavy (non-hydrogen) atoms. The molecule has 4 rings (SSSR count). The number of hydrogen-bond acceptors (Lipinski definition) is 2. The number of nitrogens with zero attached hydrogens (tertiary/aromatic N) is 1. The van der Waals surface area contributed by atoms with E-state index >= 15 is 0 Å². The summed E-state index contributed by atoms with van der Waals surface area (Å²) in [5, 5.41) is 2.76. The zero-order valence-corrected chi connectivity index (χ0v) is 14.6. The second-order valence-electron chi connectivity index (χ2n) is 6.39. The van der Waals surface area contributed by atoms with E-state index in [1.807, 2.05) is 36.4 Å². The molecule has 1 atom stereocenters. The minimum atomic E-state index is -1.56. The van der Waals surface area contributed by atoms with E-state index < -0.39 is 12.2 Å². The van der Waals surface area contributed by atoms with Gasteiger partial charge in [-0.25, -0.2) is 4.39 Å². The van der Waals surface area contributed by atoms with Crippen LogP contribution in [0.25, 0.3) is 11.1 Å². The highest BCUT2D eigenvalue weighted by molar-refractivity contribution is 6.11. The molecule has 0 aromatic heterocycles. The standard InChI is InChI=1S/C22H17FN2O2/c1-25-20(23)18-16(14-8-4-2-5-9-14)12-13-17(19(18)22(25)27)24-21(26)15-10-6-3-7-11-15/h2-13,20H,1H3,(H,24,26). The summed E-state index contributed by atoms with van der Waals surface area (Å²) in [6, 6.07) is 21.4. The quantitative estimate of drug-likeness (QED) is 0.691. The maximum atomic E-state index is 14.9. The van der Waals surface area contributed by atoms with Gasteiger partial charge >= 0.3 is 0 Å². The van der Waals surface area contributed by atoms with E-state index in [-0.39, 0.29) is 11.5 Å². The van der Waals surface area contributed by atoms with Crippen molar-refractivity contribution < 1.29 is 14.0 Å². The lowest BCUT2D eigenvalue weighted by Gasteiger charge is -2.14. The van der Waals surface area contributed by atoms with E-state index in [0.717, 1.165) is 10.5 Å². The Bertz CT molecular complexity index is 1020. The molecule has 1 unspecified atom stereocenters. The van der Waals surface area contributed by atoms with Crippen LogP contribution < -0.4 is 5.32 Å². The molecule has 3 aromatic rings. The number of rotatable bonds is 3. The van der Waals surface area contributed by atoms with Crippen molar-refractivity contribution in [2.75, 3.05) is 12.4 Å². The molecule has 4 nitrogen and oxygen atoms in total. The zero-order valence-electron chi connectivity index (χ0n) is 14.6. The number of halogens is 1. The summed E-state index contributed by atoms with van der Waals surface area (Å²) in [7, 11) is 1.42. The molecule has 2 amide bonds. The molecule has 0 aliphatic carbocycles. The molecule has 1 aliphatic heterocycles. The van der Waals surface area contributed by atoms with Crippen LogP contribution in [-0.4, -0.2) is 23.8 Å². The van der Waals surface area contributed by atoms with Crippen molar-refractivity contribution in [3.63, 3.8) is 0 Å². The summed E-state index contributed by atoms with van der Waals surface area (Å²) in [5.41, 5.74) is 2.74. The molecule has 0 fully saturated rings. The van der Waals surface area contributed by atoms with Gasteiger partial charge in [0, 0.05) is 18.2 Å². The normalized spacial score (nSPS) is 15.6. The van der Waals surface area contributed by atoms with Gasteiger partial charge in [0.1, 0.15) is 0 Å². The number of fused-ring (bicyclic) bond motifs is 1. The summed E-state index contributed by atoms with van der Waals surface area (Å²) < 4.78 is 14.9. The molecule has 0 saturated carbocycles. The van der Waals surface area contributed by atoms with E-state index in [4.69, 9.17) is 0 Å². The first-order chi connectivity index (χ1) is 13.1. The van der Waals surface area contributed by atoms with Crippen molar-refractivity contribution >= 4 is 17.5 Å². The van der Waals surface area contributed by atoms with Crippen LogP contribution in [0.4, 0.5) is 10.1 Å². The molecule has 0 bridgehead atoms. The number of hydrogen-bond donors (Lipinski definition) is 1. The van der Waals surface area contributed by atoms with E-state index in [1.54, 1.807) is 36.4 Å². The largest absolute Gasteiger partial charge is 0.321 e. The third kappa shape index (κ3) is 2.87. The highest BCUT2D eigenvalue weighted by Crippen LogP contribution is 2.43. The predicted octanol–water partition coefficient (Wildman–Crippen LogP) is 4.66. The Morgan fingerprint density at radius 1 is 0.963 bits per heavy atom. The van der Waals surface area contributed by atoms with Crippen molar-refractivity contribution in [1.29, 1.82) is 0 Å². The smallest absolute Gasteiger partial charge is 0.258 e. The van der Waals surface area contributed by atoms with Crippen LogP contribution in [0.3, 0.4) is 0 Å². The Labute approximate surface area is 156 Å². The minimum absolute atomic E-state index is 0.204. The maximum absolute atomic E-state index is 14.9. The molecule has 0 spiro atoms. The van der Waals surface area contributed by atoms with Gasteiger partial charge in [0.15, 0.2) is 0 Å². The Morgan fingerprint density at radius 2 is 1.59 bits per heavy atom. The molecule has 0 saturated heterocycles. The summed E-state index contributed by atoms with van der Waals surface area (Å²) >= 11 is 0. The topological polar surface area (TPSA) is 49.4 Å². The average molecular weight is 360 g/mol. The molecule has 134 valence electrons. The van der Waals surface area contributed by atoms with Crippen molar-refractivity contribution in [1.82, 2.24) is 4.90 Å². The van der Waals surface area contributed by atoms with Crippen LogP contribution in [0, 0.1) is 0 Å². The molecule has 5 heteroatoms. The van der Waals surface area contributed by atoms with E-state index in [0.29, 0.717) is 22.4 Å². The minimum Gasteiger partial charge on any atom is -0.321 e. The maximum Gasteiger partial charge on any atom is 0.258 e. The lowest BCUT2D eigenvalue weighted by atomic mass is 9.95. The monoisotopic (exact) mass is 360 g/mol. The van der Waals surface area contributed by atoms with Gasteiger partial charge in [-0.2, -0.15) is 0 Å². The fourth-order valence-corrected chi connectivity index (χ4v) is 3.33. The fraction of sp³-hybridized carbons (Fsp3) is 0.0909. The van der Waals surface area contributed by atoms with Crippen molar-refractivity contribution in [2.45, 2.75) is 6.30 Å². The molecule has 3 aromatic carbocycles. The number of carbonyl (C=O) groups excluding carboxylic acids is 2. The number of benzene rings is 3. The fourth-order valence-electron chi connectivity index (χ4n) is 3.33. The number of nitrogens with one attached hydrogen (secondary N) is 1. The lowest BCUT2D eigenvalue weighted by molar-refractivity contribution is 0.0633. The van der Waals surface area contributed by atoms with E-state index in [1.165, 1.54) is 7.05 Å². The van der Waals surface area contributed by atoms with Crippen molar-refractivity contribution in [2.24, 2.45) is 0 Å². The molecule has 0 radical (unpaired) electrons. The summed E-state index contributed by atoms with van der Waals surface area (Å²) in [5.74, 6) is -0.790. The van der Waals surface area contributed by atoms with Gasteiger partial charge in [-0.1, -0.05) is 54.6 Å². The Kier molecular flexibility index (Phi) is 4.20. The molecule has 1 N–H and O–H groups in total. The first kappa shape index (κ1) is 17.0. The highest BCUT2D eigenvalue weighted by atomic mass is 19.1. The number of anilines is 1. The van der Waals surface area contributed by atoms with E-state index in [2.05, 4.69) is 5.32 Å². The zero-order chi connectivity index (χ0) is 19.0. The van der Waals surface area contributed by atoms with Gasteiger partial charge < -0.3 is 10.2 Å². The van der Waals surface area contributed by atoms with Crippen LogP contribution in [0.5, 0.6) is 0 Å². The van der Waals surface area contributed by atoms with Crippen LogP contribution in [-0.2, 0) is 0 Å². The number of alkyl halides is 1. The van der Waals surface area contributed by atoms with Crippen molar-refractivity contribution in [3.8, 4) is 11.1 Å². The first-order valence-electron chi connectivity index (χ1n) is 8.58. The summed E-state index contributed by atoms with van der Waals surface area (Å²) in [4.78, 5) is 26.2. The van der Waals surface area contributed by atoms with Gasteiger partial charge in [0.2, 0.25) is 6.30 Å². The summed E-state index contributed by atoms with van der Waals surface area (Å²) in [6.45, 7) is 0. The van der Waals surface area contributed by atoms with Gasteiger partial charge in [-0.3, -0.25) is 9.59 Å². The van der Waals surface area contributed by atoms with Crippen LogP contribution in [0.2, 0.25) is 0 Å². The van der Waals surface area contributed by atoms with E-state index in [9.17, 15) is 14.0 Å². The second kappa shape index (κ2) is 6.68. The predicted molar refractivity (Wildman–Crippen MR) is 102 cm³/mol. The average Bonchev–Trinajstić information content (AvgIpc) is 2.94. The SMILES string of the molecule is CN1C(=O)c2c(NC(=O)c3ccccc3)ccc(-c3ccccc3)c2C1F. The molecular formula is C22H17FN2O2. The van der Waals surface area contributed by atoms with Gasteiger partial charge in [-0.15, -0.1) is 0 Å². The molecule has 1 aliphatic rings. The highest BCUT2D eigenvalue weighted by Gasteiger charge is 2.39. The Hall–Kier alpha value is -3.47. The number of amides is 2. The first-order valence-corrected chi connectivity index (χ1v) is 8.58. The van der Waals surface area contributed by atoms with Gasteiger partial charge in [0.25, 0.3) is 11.8 Å². The summed E-state index contributed by atoms with van der Waals surface area (Å²) in [6.07, 6.45) is -1.56. The molecular weight excluding hydrogens is 343 g/mol. The lowest BCUT2D eigenvalue weighted by Crippen LogP contribution is -2.21. The van der Waals surface area contributed by atoms with Crippen molar-refractivity contribution in [3.05, 3.63) is 89.5 Å². The number of carbonyl (C=O) groups is 2. The Balaban J connectivity index is 1.81. The van der Waals surface area contributed by atoms with Crippen LogP contribution >= 0.6 is 0 Å². The molecule has 1 heterocycles. The third-order valence-corrected chi connectivity index (χ3v) is 4.73. The Morgan fingerprint density at radius 3 is 2.26 bits per heavy atom. The van der Waals surface area contributed by atoms with Crippen LogP contribution in [0.15, 0.2) is 72.8 Å². The van der Waals surface area contributed by atoms with Gasteiger partial charge in [0.05, 0.1) is 11.3 Å². The third-order valence-electron chi connectivity index (χ3n) is 4.73.